The second-order valence-electron chi connectivity index (χ2n) is 1.69. The van der Waals surface area contributed by atoms with Crippen molar-refractivity contribution in [1.82, 2.24) is 0 Å². The van der Waals surface area contributed by atoms with Gasteiger partial charge in [0.05, 0.1) is 0 Å². The topological polar surface area (TPSA) is 0 Å². The number of halogens is 3. The largest absolute Gasteiger partial charge is 0.384 e. The molecule has 0 atom stereocenters. The molecule has 0 saturated heterocycles. The van der Waals surface area contributed by atoms with Gasteiger partial charge in [-0.05, 0) is 0 Å². The quantitative estimate of drug-likeness (QED) is 0.397. The van der Waals surface area contributed by atoms with E-state index in [0.29, 0.717) is 0 Å². The molecule has 0 bridgehead atoms. The number of rotatable bonds is 0. The van der Waals surface area contributed by atoms with E-state index in [9.17, 15) is 13.2 Å². The molecule has 0 aromatic carbocycles. The SMILES string of the molecule is FC(F)(F)C1=[C-]CC=C1.[Ti]. The van der Waals surface area contributed by atoms with Crippen molar-refractivity contribution in [3.05, 3.63) is 23.8 Å². The Morgan fingerprint density at radius 1 is 1.40 bits per heavy atom. The van der Waals surface area contributed by atoms with Gasteiger partial charge < -0.3 is 0 Å². The van der Waals surface area contributed by atoms with Gasteiger partial charge in [0.15, 0.2) is 0 Å². The van der Waals surface area contributed by atoms with E-state index in [0.717, 1.165) is 6.08 Å². The van der Waals surface area contributed by atoms with E-state index in [1.165, 1.54) is 6.08 Å². The molecular formula is C6H4F3Ti-. The fourth-order valence-electron chi connectivity index (χ4n) is 0.599. The number of hydrogen-bond acceptors (Lipinski definition) is 0. The third-order valence-corrected chi connectivity index (χ3v) is 1.00. The molecule has 0 fully saturated rings. The first-order valence-corrected chi connectivity index (χ1v) is 2.45. The summed E-state index contributed by atoms with van der Waals surface area (Å²) in [6.07, 6.45) is 0.737. The predicted octanol–water partition coefficient (Wildman–Crippen LogP) is 2.24. The van der Waals surface area contributed by atoms with Crippen molar-refractivity contribution >= 4 is 0 Å². The average molecular weight is 181 g/mol. The maximum Gasteiger partial charge on any atom is 0.384 e. The Labute approximate surface area is 71.7 Å². The maximum absolute atomic E-state index is 11.6. The van der Waals surface area contributed by atoms with E-state index >= 15 is 0 Å². The van der Waals surface area contributed by atoms with E-state index < -0.39 is 11.7 Å². The Kier molecular flexibility index (Phi) is 3.39. The average Bonchev–Trinajstić information content (AvgIpc) is 2.08. The van der Waals surface area contributed by atoms with Gasteiger partial charge in [-0.25, -0.2) is 6.08 Å². The minimum Gasteiger partial charge on any atom is -0.261 e. The molecule has 0 radical (unpaired) electrons. The van der Waals surface area contributed by atoms with Crippen molar-refractivity contribution in [1.29, 1.82) is 0 Å². The summed E-state index contributed by atoms with van der Waals surface area (Å²) in [4.78, 5) is 0. The molecule has 0 saturated carbocycles. The first-order valence-electron chi connectivity index (χ1n) is 2.45. The van der Waals surface area contributed by atoms with Crippen LogP contribution < -0.4 is 0 Å². The Hall–Kier alpha value is -0.0157. The molecule has 10 heavy (non-hydrogen) atoms. The molecule has 0 amide bonds. The van der Waals surface area contributed by atoms with Crippen LogP contribution in [0.4, 0.5) is 13.2 Å². The van der Waals surface area contributed by atoms with Crippen LogP contribution in [-0.2, 0) is 21.7 Å². The monoisotopic (exact) mass is 181 g/mol. The molecule has 1 rings (SSSR count). The number of hydrogen-bond donors (Lipinski definition) is 0. The Balaban J connectivity index is 0.000000810. The summed E-state index contributed by atoms with van der Waals surface area (Å²) in [6, 6.07) is 0. The smallest absolute Gasteiger partial charge is 0.261 e. The molecular weight excluding hydrogens is 177 g/mol. The zero-order valence-corrected chi connectivity index (χ0v) is 6.56. The van der Waals surface area contributed by atoms with E-state index in [-0.39, 0.29) is 28.1 Å². The summed E-state index contributed by atoms with van der Waals surface area (Å²) >= 11 is 0. The normalized spacial score (nSPS) is 16.5. The van der Waals surface area contributed by atoms with Gasteiger partial charge in [0.25, 0.3) is 0 Å². The summed E-state index contributed by atoms with van der Waals surface area (Å²) in [7, 11) is 0. The van der Waals surface area contributed by atoms with Crippen LogP contribution in [0.1, 0.15) is 6.42 Å². The van der Waals surface area contributed by atoms with Crippen molar-refractivity contribution in [3.8, 4) is 0 Å². The molecule has 1 aliphatic rings. The first-order chi connectivity index (χ1) is 4.11. The zero-order valence-electron chi connectivity index (χ0n) is 5.00. The van der Waals surface area contributed by atoms with E-state index in [2.05, 4.69) is 6.08 Å². The predicted molar refractivity (Wildman–Crippen MR) is 26.6 cm³/mol. The Bertz CT molecular complexity index is 166. The van der Waals surface area contributed by atoms with Crippen LogP contribution in [0, 0.1) is 6.08 Å². The summed E-state index contributed by atoms with van der Waals surface area (Å²) < 4.78 is 34.8. The Morgan fingerprint density at radius 3 is 2.20 bits per heavy atom. The summed E-state index contributed by atoms with van der Waals surface area (Å²) in [5.41, 5.74) is -0.650. The van der Waals surface area contributed by atoms with Gasteiger partial charge in [0.2, 0.25) is 0 Å². The molecule has 0 heterocycles. The van der Waals surface area contributed by atoms with E-state index in [1.807, 2.05) is 0 Å². The standard InChI is InChI=1S/C6H4F3.Ti/c7-6(8,9)5-3-1-2-4-5;/h1,3H,2H2;/q-1;. The van der Waals surface area contributed by atoms with E-state index in [1.54, 1.807) is 0 Å². The fraction of sp³-hybridized carbons (Fsp3) is 0.333. The molecule has 4 heteroatoms. The molecule has 0 unspecified atom stereocenters. The van der Waals surface area contributed by atoms with Crippen molar-refractivity contribution < 1.29 is 34.9 Å². The van der Waals surface area contributed by atoms with Gasteiger partial charge in [0.1, 0.15) is 0 Å². The van der Waals surface area contributed by atoms with Gasteiger partial charge in [-0.3, -0.25) is 6.08 Å². The molecule has 0 nitrogen and oxygen atoms in total. The second kappa shape index (κ2) is 3.40. The van der Waals surface area contributed by atoms with Gasteiger partial charge in [0, 0.05) is 21.7 Å². The molecule has 0 aromatic rings. The third-order valence-electron chi connectivity index (χ3n) is 1.00. The minimum atomic E-state index is -4.20. The first kappa shape index (κ1) is 9.98. The van der Waals surface area contributed by atoms with Crippen LogP contribution in [0.15, 0.2) is 17.7 Å². The molecule has 0 aliphatic heterocycles. The van der Waals surface area contributed by atoms with Crippen LogP contribution in [0.3, 0.4) is 0 Å². The van der Waals surface area contributed by atoms with Gasteiger partial charge in [-0.1, -0.05) is 0 Å². The third kappa shape index (κ3) is 2.31. The summed E-state index contributed by atoms with van der Waals surface area (Å²) in [5.74, 6) is 0. The molecule has 0 N–H and O–H groups in total. The van der Waals surface area contributed by atoms with E-state index in [4.69, 9.17) is 0 Å². The van der Waals surface area contributed by atoms with Crippen LogP contribution in [0.5, 0.6) is 0 Å². The van der Waals surface area contributed by atoms with Crippen molar-refractivity contribution in [3.63, 3.8) is 0 Å². The van der Waals surface area contributed by atoms with Crippen molar-refractivity contribution in [2.45, 2.75) is 12.6 Å². The molecule has 0 spiro atoms. The number of alkyl halides is 3. The zero-order chi connectivity index (χ0) is 6.91. The fourth-order valence-corrected chi connectivity index (χ4v) is 0.599. The Morgan fingerprint density at radius 2 is 2.00 bits per heavy atom. The molecule has 54 valence electrons. The van der Waals surface area contributed by atoms with Crippen molar-refractivity contribution in [2.75, 3.05) is 0 Å². The van der Waals surface area contributed by atoms with Crippen molar-refractivity contribution in [2.24, 2.45) is 0 Å². The molecule has 1 aliphatic carbocycles. The maximum atomic E-state index is 11.6. The summed E-state index contributed by atoms with van der Waals surface area (Å²) in [5, 5.41) is 0. The molecule has 0 aromatic heterocycles. The number of allylic oxidation sites excluding steroid dienone is 4. The van der Waals surface area contributed by atoms with Crippen LogP contribution >= 0.6 is 0 Å². The minimum absolute atomic E-state index is 0. The van der Waals surface area contributed by atoms with Gasteiger partial charge in [-0.2, -0.15) is 19.2 Å². The van der Waals surface area contributed by atoms with Crippen LogP contribution in [0.2, 0.25) is 0 Å². The van der Waals surface area contributed by atoms with Crippen LogP contribution in [-0.4, -0.2) is 6.18 Å². The van der Waals surface area contributed by atoms with Gasteiger partial charge in [-0.15, -0.1) is 12.0 Å². The summed E-state index contributed by atoms with van der Waals surface area (Å²) in [6.45, 7) is 0. The second-order valence-corrected chi connectivity index (χ2v) is 1.69. The van der Waals surface area contributed by atoms with Crippen LogP contribution in [0.25, 0.3) is 0 Å². The van der Waals surface area contributed by atoms with Gasteiger partial charge >= 0.3 is 6.18 Å².